The molecule has 1 saturated heterocycles. The van der Waals surface area contributed by atoms with Gasteiger partial charge in [0, 0.05) is 6.20 Å². The molecular weight excluding hydrogens is 250 g/mol. The van der Waals surface area contributed by atoms with Crippen molar-refractivity contribution in [3.8, 4) is 5.88 Å². The average molecular weight is 260 g/mol. The van der Waals surface area contributed by atoms with Crippen LogP contribution >= 0.6 is 15.9 Å². The van der Waals surface area contributed by atoms with E-state index in [1.807, 2.05) is 0 Å². The van der Waals surface area contributed by atoms with Crippen molar-refractivity contribution in [3.63, 3.8) is 0 Å². The normalized spacial score (nSPS) is 16.4. The Bertz CT molecular complexity index is 328. The molecule has 1 aliphatic heterocycles. The highest BCUT2D eigenvalue weighted by atomic mass is 79.9. The molecule has 0 amide bonds. The van der Waals surface area contributed by atoms with Gasteiger partial charge in [-0.3, -0.25) is 0 Å². The predicted octanol–water partition coefficient (Wildman–Crippen LogP) is 1.11. The molecule has 76 valence electrons. The van der Waals surface area contributed by atoms with Crippen LogP contribution in [0.4, 0.5) is 0 Å². The topological polar surface area (TPSA) is 51.6 Å². The van der Waals surface area contributed by atoms with Crippen molar-refractivity contribution < 1.29 is 14.6 Å². The Hall–Kier alpha value is -0.650. The average Bonchev–Trinajstić information content (AvgIpc) is 2.13. The second-order valence-electron chi connectivity index (χ2n) is 3.07. The van der Waals surface area contributed by atoms with E-state index < -0.39 is 0 Å². The highest BCUT2D eigenvalue weighted by Crippen LogP contribution is 2.25. The highest BCUT2D eigenvalue weighted by Gasteiger charge is 2.21. The van der Waals surface area contributed by atoms with Gasteiger partial charge >= 0.3 is 0 Å². The van der Waals surface area contributed by atoms with E-state index in [4.69, 9.17) is 14.6 Å². The van der Waals surface area contributed by atoms with Crippen molar-refractivity contribution in [2.75, 3.05) is 13.2 Å². The maximum Gasteiger partial charge on any atom is 0.228 e. The van der Waals surface area contributed by atoms with Gasteiger partial charge in [0.15, 0.2) is 0 Å². The summed E-state index contributed by atoms with van der Waals surface area (Å²) in [7, 11) is 0. The van der Waals surface area contributed by atoms with Gasteiger partial charge in [0.25, 0.3) is 0 Å². The number of pyridine rings is 1. The van der Waals surface area contributed by atoms with Gasteiger partial charge in [-0.2, -0.15) is 0 Å². The lowest BCUT2D eigenvalue weighted by molar-refractivity contribution is -0.0816. The third-order valence-electron chi connectivity index (χ3n) is 1.93. The molecule has 0 spiro atoms. The van der Waals surface area contributed by atoms with Crippen LogP contribution in [0.25, 0.3) is 0 Å². The van der Waals surface area contributed by atoms with Crippen LogP contribution < -0.4 is 4.74 Å². The van der Waals surface area contributed by atoms with Crippen LogP contribution in [0.15, 0.2) is 16.7 Å². The summed E-state index contributed by atoms with van der Waals surface area (Å²) < 4.78 is 11.3. The summed E-state index contributed by atoms with van der Waals surface area (Å²) in [6.07, 6.45) is 1.71. The fraction of sp³-hybridized carbons (Fsp3) is 0.444. The maximum absolute atomic E-state index is 8.87. The van der Waals surface area contributed by atoms with Gasteiger partial charge in [-0.15, -0.1) is 0 Å². The summed E-state index contributed by atoms with van der Waals surface area (Å²) in [5.41, 5.74) is 0.758. The highest BCUT2D eigenvalue weighted by molar-refractivity contribution is 9.10. The number of halogens is 1. The number of aliphatic hydroxyl groups is 1. The molecule has 0 unspecified atom stereocenters. The van der Waals surface area contributed by atoms with Gasteiger partial charge in [0.1, 0.15) is 6.10 Å². The number of hydrogen-bond acceptors (Lipinski definition) is 4. The summed E-state index contributed by atoms with van der Waals surface area (Å²) in [5, 5.41) is 8.87. The molecule has 4 nitrogen and oxygen atoms in total. The van der Waals surface area contributed by atoms with E-state index in [0.29, 0.717) is 19.1 Å². The molecule has 0 bridgehead atoms. The third kappa shape index (κ3) is 2.05. The lowest BCUT2D eigenvalue weighted by Crippen LogP contribution is -2.38. The summed E-state index contributed by atoms with van der Waals surface area (Å²) in [6, 6.07) is 1.79. The van der Waals surface area contributed by atoms with Crippen LogP contribution in [-0.2, 0) is 11.3 Å². The number of hydrogen-bond donors (Lipinski definition) is 1. The Morgan fingerprint density at radius 3 is 2.93 bits per heavy atom. The Morgan fingerprint density at radius 2 is 2.43 bits per heavy atom. The molecule has 1 N–H and O–H groups in total. The summed E-state index contributed by atoms with van der Waals surface area (Å²) in [6.45, 7) is 1.23. The minimum absolute atomic E-state index is 0.0155. The van der Waals surface area contributed by atoms with Gasteiger partial charge in [0.2, 0.25) is 5.88 Å². The second kappa shape index (κ2) is 4.25. The molecule has 5 heteroatoms. The third-order valence-corrected chi connectivity index (χ3v) is 2.50. The van der Waals surface area contributed by atoms with E-state index in [-0.39, 0.29) is 12.7 Å². The van der Waals surface area contributed by atoms with Gasteiger partial charge in [0.05, 0.1) is 24.3 Å². The van der Waals surface area contributed by atoms with Crippen molar-refractivity contribution in [1.82, 2.24) is 4.98 Å². The molecule has 14 heavy (non-hydrogen) atoms. The largest absolute Gasteiger partial charge is 0.469 e. The number of aromatic nitrogens is 1. The van der Waals surface area contributed by atoms with Crippen LogP contribution in [0.2, 0.25) is 0 Å². The Kier molecular flexibility index (Phi) is 3.00. The van der Waals surface area contributed by atoms with E-state index in [1.165, 1.54) is 0 Å². The van der Waals surface area contributed by atoms with Crippen LogP contribution in [0, 0.1) is 0 Å². The lowest BCUT2D eigenvalue weighted by atomic mass is 10.3. The van der Waals surface area contributed by atoms with Crippen molar-refractivity contribution >= 4 is 15.9 Å². The van der Waals surface area contributed by atoms with Crippen molar-refractivity contribution in [2.24, 2.45) is 0 Å². The van der Waals surface area contributed by atoms with E-state index in [0.717, 1.165) is 10.0 Å². The van der Waals surface area contributed by atoms with E-state index in [9.17, 15) is 0 Å². The van der Waals surface area contributed by atoms with Crippen LogP contribution in [0.1, 0.15) is 5.56 Å². The minimum atomic E-state index is -0.0155. The van der Waals surface area contributed by atoms with E-state index >= 15 is 0 Å². The number of nitrogens with zero attached hydrogens (tertiary/aromatic N) is 1. The fourth-order valence-electron chi connectivity index (χ4n) is 1.08. The molecular formula is C9H10BrNO3. The first-order chi connectivity index (χ1) is 6.79. The number of aliphatic hydroxyl groups excluding tert-OH is 1. The number of rotatable bonds is 3. The summed E-state index contributed by atoms with van der Waals surface area (Å²) in [5.74, 6) is 0.551. The molecule has 0 aliphatic carbocycles. The zero-order valence-corrected chi connectivity index (χ0v) is 9.03. The van der Waals surface area contributed by atoms with Crippen LogP contribution in [0.5, 0.6) is 5.88 Å². The number of ether oxygens (including phenoxy) is 2. The molecule has 0 aromatic carbocycles. The SMILES string of the molecule is OCc1cnc(OC2COC2)c(Br)c1. The zero-order chi connectivity index (χ0) is 9.97. The first kappa shape index (κ1) is 9.89. The molecule has 0 atom stereocenters. The summed E-state index contributed by atoms with van der Waals surface area (Å²) >= 11 is 3.33. The Morgan fingerprint density at radius 1 is 1.64 bits per heavy atom. The van der Waals surface area contributed by atoms with Gasteiger partial charge < -0.3 is 14.6 Å². The molecule has 1 fully saturated rings. The molecule has 0 saturated carbocycles. The Labute approximate surface area is 90.0 Å². The monoisotopic (exact) mass is 259 g/mol. The smallest absolute Gasteiger partial charge is 0.228 e. The molecule has 0 radical (unpaired) electrons. The van der Waals surface area contributed by atoms with Gasteiger partial charge in [-0.05, 0) is 27.6 Å². The Balaban J connectivity index is 2.09. The lowest BCUT2D eigenvalue weighted by Gasteiger charge is -2.26. The van der Waals surface area contributed by atoms with Crippen LogP contribution in [0.3, 0.4) is 0 Å². The van der Waals surface area contributed by atoms with Crippen molar-refractivity contribution in [1.29, 1.82) is 0 Å². The molecule has 1 aromatic heterocycles. The van der Waals surface area contributed by atoms with E-state index in [1.54, 1.807) is 12.3 Å². The first-order valence-corrected chi connectivity index (χ1v) is 5.08. The van der Waals surface area contributed by atoms with Crippen molar-refractivity contribution in [3.05, 3.63) is 22.3 Å². The fourth-order valence-corrected chi connectivity index (χ4v) is 1.57. The quantitative estimate of drug-likeness (QED) is 0.884. The van der Waals surface area contributed by atoms with Gasteiger partial charge in [-0.1, -0.05) is 0 Å². The molecule has 1 aliphatic rings. The second-order valence-corrected chi connectivity index (χ2v) is 3.92. The van der Waals surface area contributed by atoms with Crippen molar-refractivity contribution in [2.45, 2.75) is 12.7 Å². The maximum atomic E-state index is 8.87. The predicted molar refractivity (Wildman–Crippen MR) is 53.1 cm³/mol. The van der Waals surface area contributed by atoms with Gasteiger partial charge in [-0.25, -0.2) is 4.98 Å². The minimum Gasteiger partial charge on any atom is -0.469 e. The van der Waals surface area contributed by atoms with E-state index in [2.05, 4.69) is 20.9 Å². The molecule has 1 aromatic rings. The zero-order valence-electron chi connectivity index (χ0n) is 7.44. The first-order valence-electron chi connectivity index (χ1n) is 4.29. The standard InChI is InChI=1S/C9H10BrNO3/c10-8-1-6(3-12)2-11-9(8)14-7-4-13-5-7/h1-2,7,12H,3-5H2. The van der Waals surface area contributed by atoms with Crippen LogP contribution in [-0.4, -0.2) is 29.4 Å². The summed E-state index contributed by atoms with van der Waals surface area (Å²) in [4.78, 5) is 4.09. The molecule has 2 rings (SSSR count). The molecule has 2 heterocycles.